The van der Waals surface area contributed by atoms with E-state index in [4.69, 9.17) is 9.52 Å². The third-order valence-electron chi connectivity index (χ3n) is 3.09. The van der Waals surface area contributed by atoms with E-state index in [-0.39, 0.29) is 6.04 Å². The third kappa shape index (κ3) is 1.63. The van der Waals surface area contributed by atoms with Crippen molar-refractivity contribution in [3.05, 3.63) is 30.2 Å². The molecule has 1 aliphatic heterocycles. The summed E-state index contributed by atoms with van der Waals surface area (Å²) in [6.07, 6.45) is 0.726. The Labute approximate surface area is 97.7 Å². The second-order valence-corrected chi connectivity index (χ2v) is 4.15. The molecule has 0 spiro atoms. The number of hydrogen-bond acceptors (Lipinski definition) is 3. The summed E-state index contributed by atoms with van der Waals surface area (Å²) in [4.78, 5) is 16.8. The quantitative estimate of drug-likeness (QED) is 0.820. The fourth-order valence-corrected chi connectivity index (χ4v) is 2.28. The molecule has 88 valence electrons. The number of nitrogens with zero attached hydrogens (tertiary/aromatic N) is 2. The summed E-state index contributed by atoms with van der Waals surface area (Å²) in [5.41, 5.74) is 1.49. The van der Waals surface area contributed by atoms with Crippen molar-refractivity contribution in [3.8, 4) is 0 Å². The van der Waals surface area contributed by atoms with Crippen LogP contribution in [0.15, 0.2) is 28.7 Å². The zero-order valence-electron chi connectivity index (χ0n) is 9.17. The third-order valence-corrected chi connectivity index (χ3v) is 3.09. The van der Waals surface area contributed by atoms with E-state index in [2.05, 4.69) is 4.98 Å². The zero-order chi connectivity index (χ0) is 11.8. The van der Waals surface area contributed by atoms with Gasteiger partial charge in [0, 0.05) is 6.54 Å². The number of para-hydroxylation sites is 2. The molecule has 2 aromatic rings. The van der Waals surface area contributed by atoms with Crippen molar-refractivity contribution in [2.75, 3.05) is 6.54 Å². The minimum Gasteiger partial charge on any atom is -0.465 e. The number of carboxylic acid groups (broad SMARTS) is 1. The Balaban J connectivity index is 2.00. The fourth-order valence-electron chi connectivity index (χ4n) is 2.28. The first-order valence-corrected chi connectivity index (χ1v) is 5.61. The summed E-state index contributed by atoms with van der Waals surface area (Å²) in [6.45, 7) is 0.554. The molecule has 3 rings (SSSR count). The first-order chi connectivity index (χ1) is 8.25. The van der Waals surface area contributed by atoms with Crippen LogP contribution in [0.1, 0.15) is 24.8 Å². The monoisotopic (exact) mass is 232 g/mol. The van der Waals surface area contributed by atoms with Crippen LogP contribution in [0.25, 0.3) is 11.1 Å². The molecular formula is C12H12N2O3. The van der Waals surface area contributed by atoms with Crippen LogP contribution in [0.4, 0.5) is 4.79 Å². The van der Waals surface area contributed by atoms with Crippen molar-refractivity contribution in [1.29, 1.82) is 0 Å². The van der Waals surface area contributed by atoms with Crippen molar-refractivity contribution >= 4 is 17.2 Å². The maximum absolute atomic E-state index is 11.1. The van der Waals surface area contributed by atoms with Crippen molar-refractivity contribution in [3.63, 3.8) is 0 Å². The van der Waals surface area contributed by atoms with Crippen LogP contribution < -0.4 is 0 Å². The van der Waals surface area contributed by atoms with E-state index in [1.807, 2.05) is 24.3 Å². The highest BCUT2D eigenvalue weighted by molar-refractivity contribution is 5.72. The van der Waals surface area contributed by atoms with Crippen LogP contribution in [-0.4, -0.2) is 27.6 Å². The molecule has 0 unspecified atom stereocenters. The van der Waals surface area contributed by atoms with Gasteiger partial charge in [-0.1, -0.05) is 12.1 Å². The van der Waals surface area contributed by atoms with Crippen LogP contribution in [0.3, 0.4) is 0 Å². The van der Waals surface area contributed by atoms with Gasteiger partial charge in [-0.15, -0.1) is 0 Å². The second-order valence-electron chi connectivity index (χ2n) is 4.15. The predicted octanol–water partition coefficient (Wildman–Crippen LogP) is 2.64. The number of carbonyl (C=O) groups is 1. The van der Waals surface area contributed by atoms with E-state index in [1.165, 1.54) is 4.90 Å². The smallest absolute Gasteiger partial charge is 0.407 e. The Morgan fingerprint density at radius 1 is 1.47 bits per heavy atom. The van der Waals surface area contributed by atoms with Gasteiger partial charge in [0.25, 0.3) is 0 Å². The van der Waals surface area contributed by atoms with Crippen LogP contribution in [-0.2, 0) is 0 Å². The molecule has 1 amide bonds. The number of benzene rings is 1. The number of rotatable bonds is 1. The zero-order valence-corrected chi connectivity index (χ0v) is 9.17. The van der Waals surface area contributed by atoms with Crippen molar-refractivity contribution in [2.24, 2.45) is 0 Å². The summed E-state index contributed by atoms with van der Waals surface area (Å²) >= 11 is 0. The Morgan fingerprint density at radius 3 is 3.06 bits per heavy atom. The first-order valence-electron chi connectivity index (χ1n) is 5.61. The molecule has 1 aromatic heterocycles. The van der Waals surface area contributed by atoms with Gasteiger partial charge in [0.15, 0.2) is 5.58 Å². The Morgan fingerprint density at radius 2 is 2.29 bits per heavy atom. The minimum atomic E-state index is -0.908. The number of hydrogen-bond donors (Lipinski definition) is 1. The van der Waals surface area contributed by atoms with Crippen molar-refractivity contribution < 1.29 is 14.3 Å². The topological polar surface area (TPSA) is 66.6 Å². The lowest BCUT2D eigenvalue weighted by Crippen LogP contribution is -2.28. The van der Waals surface area contributed by atoms with Gasteiger partial charge in [-0.25, -0.2) is 9.78 Å². The molecule has 1 atom stereocenters. The first kappa shape index (κ1) is 10.1. The lowest BCUT2D eigenvalue weighted by molar-refractivity contribution is 0.134. The van der Waals surface area contributed by atoms with Gasteiger partial charge < -0.3 is 9.52 Å². The van der Waals surface area contributed by atoms with E-state index in [1.54, 1.807) is 0 Å². The van der Waals surface area contributed by atoms with Gasteiger partial charge in [0.05, 0.1) is 0 Å². The van der Waals surface area contributed by atoms with Crippen molar-refractivity contribution in [1.82, 2.24) is 9.88 Å². The SMILES string of the molecule is O=C(O)N1CCC[C@@H]1c1nc2ccccc2o1. The number of oxazole rings is 1. The van der Waals surface area contributed by atoms with E-state index in [0.717, 1.165) is 18.4 Å². The molecule has 5 heteroatoms. The summed E-state index contributed by atoms with van der Waals surface area (Å²) in [6, 6.07) is 7.23. The summed E-state index contributed by atoms with van der Waals surface area (Å²) in [5.74, 6) is 0.506. The average Bonchev–Trinajstić information content (AvgIpc) is 2.95. The van der Waals surface area contributed by atoms with E-state index >= 15 is 0 Å². The van der Waals surface area contributed by atoms with Gasteiger partial charge in [-0.2, -0.15) is 0 Å². The molecule has 1 fully saturated rings. The number of amides is 1. The largest absolute Gasteiger partial charge is 0.465 e. The standard InChI is InChI=1S/C12H12N2O3/c15-12(16)14-7-3-5-9(14)11-13-8-4-1-2-6-10(8)17-11/h1-2,4,6,9H,3,5,7H2,(H,15,16)/t9-/m1/s1. The number of aromatic nitrogens is 1. The average molecular weight is 232 g/mol. The fraction of sp³-hybridized carbons (Fsp3) is 0.333. The highest BCUT2D eigenvalue weighted by Gasteiger charge is 2.33. The molecule has 0 aliphatic carbocycles. The molecular weight excluding hydrogens is 220 g/mol. The van der Waals surface area contributed by atoms with Crippen LogP contribution in [0, 0.1) is 0 Å². The molecule has 1 aromatic carbocycles. The number of fused-ring (bicyclic) bond motifs is 1. The van der Waals surface area contributed by atoms with E-state index < -0.39 is 6.09 Å². The molecule has 5 nitrogen and oxygen atoms in total. The molecule has 1 saturated heterocycles. The molecule has 0 bridgehead atoms. The molecule has 17 heavy (non-hydrogen) atoms. The Kier molecular flexibility index (Phi) is 2.24. The predicted molar refractivity (Wildman–Crippen MR) is 60.7 cm³/mol. The van der Waals surface area contributed by atoms with Gasteiger partial charge in [0.1, 0.15) is 11.6 Å². The van der Waals surface area contributed by atoms with E-state index in [9.17, 15) is 4.79 Å². The Hall–Kier alpha value is -2.04. The summed E-state index contributed by atoms with van der Waals surface area (Å²) < 4.78 is 5.62. The van der Waals surface area contributed by atoms with Gasteiger partial charge >= 0.3 is 6.09 Å². The van der Waals surface area contributed by atoms with Crippen LogP contribution in [0.5, 0.6) is 0 Å². The van der Waals surface area contributed by atoms with Gasteiger partial charge in [-0.3, -0.25) is 4.90 Å². The second kappa shape index (κ2) is 3.76. The Bertz CT molecular complexity index is 531. The lowest BCUT2D eigenvalue weighted by atomic mass is 10.2. The molecule has 1 N–H and O–H groups in total. The van der Waals surface area contributed by atoms with Crippen molar-refractivity contribution in [2.45, 2.75) is 18.9 Å². The maximum atomic E-state index is 11.1. The number of likely N-dealkylation sites (tertiary alicyclic amines) is 1. The normalized spacial score (nSPS) is 20.0. The molecule has 2 heterocycles. The molecule has 0 saturated carbocycles. The minimum absolute atomic E-state index is 0.236. The lowest BCUT2D eigenvalue weighted by Gasteiger charge is -2.17. The van der Waals surface area contributed by atoms with Gasteiger partial charge in [-0.05, 0) is 25.0 Å². The summed E-state index contributed by atoms with van der Waals surface area (Å²) in [5, 5.41) is 9.08. The maximum Gasteiger partial charge on any atom is 0.407 e. The van der Waals surface area contributed by atoms with Gasteiger partial charge in [0.2, 0.25) is 5.89 Å². The summed E-state index contributed by atoms with van der Waals surface area (Å²) in [7, 11) is 0. The molecule has 1 aliphatic rings. The van der Waals surface area contributed by atoms with Crippen LogP contribution in [0.2, 0.25) is 0 Å². The highest BCUT2D eigenvalue weighted by atomic mass is 16.4. The molecule has 0 radical (unpaired) electrons. The van der Waals surface area contributed by atoms with E-state index in [0.29, 0.717) is 18.0 Å². The van der Waals surface area contributed by atoms with Crippen LogP contribution >= 0.6 is 0 Å². The highest BCUT2D eigenvalue weighted by Crippen LogP contribution is 2.32.